The Hall–Kier alpha value is -1.55. The van der Waals surface area contributed by atoms with Crippen molar-refractivity contribution in [2.24, 2.45) is 10.9 Å². The van der Waals surface area contributed by atoms with Crippen molar-refractivity contribution in [2.45, 2.75) is 32.6 Å². The molecule has 0 amide bonds. The fourth-order valence-corrected chi connectivity index (χ4v) is 2.48. The largest absolute Gasteiger partial charge is 0.379 e. The number of aryl methyl sites for hydroxylation is 1. The van der Waals surface area contributed by atoms with Crippen molar-refractivity contribution < 1.29 is 4.74 Å². The number of nitrogens with one attached hydrogen (secondary N) is 1. The van der Waals surface area contributed by atoms with Gasteiger partial charge in [0.1, 0.15) is 0 Å². The van der Waals surface area contributed by atoms with Gasteiger partial charge in [0.05, 0.1) is 6.61 Å². The van der Waals surface area contributed by atoms with Crippen LogP contribution in [0.2, 0.25) is 0 Å². The Morgan fingerprint density at radius 2 is 2.04 bits per heavy atom. The summed E-state index contributed by atoms with van der Waals surface area (Å²) in [6.07, 6.45) is 2.69. The van der Waals surface area contributed by atoms with Gasteiger partial charge in [-0.2, -0.15) is 0 Å². The summed E-state index contributed by atoms with van der Waals surface area (Å²) in [7, 11) is 3.90. The van der Waals surface area contributed by atoms with Crippen molar-refractivity contribution in [1.29, 1.82) is 0 Å². The number of benzene rings is 1. The maximum atomic E-state index is 5.70. The molecule has 0 heterocycles. The summed E-state index contributed by atoms with van der Waals surface area (Å²) in [5.74, 6) is 2.21. The van der Waals surface area contributed by atoms with E-state index in [1.54, 1.807) is 0 Å². The zero-order chi connectivity index (χ0) is 16.7. The average Bonchev–Trinajstić information content (AvgIpc) is 3.37. The van der Waals surface area contributed by atoms with Crippen molar-refractivity contribution in [3.8, 4) is 0 Å². The maximum absolute atomic E-state index is 5.70. The van der Waals surface area contributed by atoms with Crippen LogP contribution in [0.25, 0.3) is 0 Å². The molecule has 0 saturated heterocycles. The predicted molar refractivity (Wildman–Crippen MR) is 97.1 cm³/mol. The lowest BCUT2D eigenvalue weighted by Gasteiger charge is -2.23. The summed E-state index contributed by atoms with van der Waals surface area (Å²) in [4.78, 5) is 6.50. The standard InChI is InChI=1S/C19H31N3O/c1-15-5-9-18(10-6-15)16(2)13-21-19(20-3)22(4)11-12-23-14-17-7-8-17/h5-6,9-10,16-17H,7-8,11-14H2,1-4H3,(H,20,21). The first-order valence-electron chi connectivity index (χ1n) is 8.66. The van der Waals surface area contributed by atoms with E-state index in [9.17, 15) is 0 Å². The normalized spacial score (nSPS) is 16.3. The number of nitrogens with zero attached hydrogens (tertiary/aromatic N) is 2. The van der Waals surface area contributed by atoms with E-state index in [-0.39, 0.29) is 0 Å². The number of hydrogen-bond donors (Lipinski definition) is 1. The fourth-order valence-electron chi connectivity index (χ4n) is 2.48. The summed E-state index contributed by atoms with van der Waals surface area (Å²) in [5, 5.41) is 3.46. The Kier molecular flexibility index (Phi) is 6.90. The summed E-state index contributed by atoms with van der Waals surface area (Å²) in [6.45, 7) is 7.79. The minimum atomic E-state index is 0.451. The molecule has 1 aromatic carbocycles. The third kappa shape index (κ3) is 6.22. The van der Waals surface area contributed by atoms with Gasteiger partial charge in [-0.1, -0.05) is 36.8 Å². The molecule has 0 spiro atoms. The highest BCUT2D eigenvalue weighted by molar-refractivity contribution is 5.79. The summed E-state index contributed by atoms with van der Waals surface area (Å²) >= 11 is 0. The molecular formula is C19H31N3O. The van der Waals surface area contributed by atoms with Crippen LogP contribution in [0.3, 0.4) is 0 Å². The second-order valence-corrected chi connectivity index (χ2v) is 6.68. The minimum Gasteiger partial charge on any atom is -0.379 e. The van der Waals surface area contributed by atoms with Gasteiger partial charge in [0.2, 0.25) is 0 Å². The lowest BCUT2D eigenvalue weighted by molar-refractivity contribution is 0.115. The van der Waals surface area contributed by atoms with Crippen molar-refractivity contribution in [1.82, 2.24) is 10.2 Å². The first kappa shape index (κ1) is 17.8. The third-order valence-electron chi connectivity index (χ3n) is 4.41. The number of hydrogen-bond acceptors (Lipinski definition) is 2. The molecule has 2 rings (SSSR count). The molecule has 128 valence electrons. The van der Waals surface area contributed by atoms with Crippen LogP contribution in [0.4, 0.5) is 0 Å². The molecular weight excluding hydrogens is 286 g/mol. The minimum absolute atomic E-state index is 0.451. The van der Waals surface area contributed by atoms with Gasteiger partial charge >= 0.3 is 0 Å². The van der Waals surface area contributed by atoms with Crippen LogP contribution in [-0.4, -0.2) is 51.3 Å². The first-order valence-corrected chi connectivity index (χ1v) is 8.66. The fraction of sp³-hybridized carbons (Fsp3) is 0.632. The molecule has 1 atom stereocenters. The van der Waals surface area contributed by atoms with Crippen molar-refractivity contribution >= 4 is 5.96 Å². The molecule has 1 fully saturated rings. The first-order chi connectivity index (χ1) is 11.1. The van der Waals surface area contributed by atoms with Gasteiger partial charge in [-0.25, -0.2) is 0 Å². The van der Waals surface area contributed by atoms with Crippen molar-refractivity contribution in [3.05, 3.63) is 35.4 Å². The zero-order valence-electron chi connectivity index (χ0n) is 15.0. The van der Waals surface area contributed by atoms with E-state index in [2.05, 4.69) is 60.4 Å². The molecule has 4 nitrogen and oxygen atoms in total. The highest BCUT2D eigenvalue weighted by atomic mass is 16.5. The lowest BCUT2D eigenvalue weighted by atomic mass is 10.0. The Balaban J connectivity index is 1.71. The number of guanidine groups is 1. The van der Waals surface area contributed by atoms with Gasteiger partial charge < -0.3 is 15.0 Å². The van der Waals surface area contributed by atoms with E-state index in [0.29, 0.717) is 5.92 Å². The number of aliphatic imine (C=N–C) groups is 1. The predicted octanol–water partition coefficient (Wildman–Crippen LogP) is 3.03. The monoisotopic (exact) mass is 317 g/mol. The van der Waals surface area contributed by atoms with E-state index < -0.39 is 0 Å². The third-order valence-corrected chi connectivity index (χ3v) is 4.41. The topological polar surface area (TPSA) is 36.9 Å². The van der Waals surface area contributed by atoms with Gasteiger partial charge in [-0.3, -0.25) is 4.99 Å². The Labute approximate surface area is 140 Å². The van der Waals surface area contributed by atoms with Crippen LogP contribution in [0, 0.1) is 12.8 Å². The van der Waals surface area contributed by atoms with E-state index >= 15 is 0 Å². The average molecular weight is 317 g/mol. The summed E-state index contributed by atoms with van der Waals surface area (Å²) in [6, 6.07) is 8.76. The zero-order valence-corrected chi connectivity index (χ0v) is 15.0. The molecule has 1 saturated carbocycles. The quantitative estimate of drug-likeness (QED) is 0.455. The molecule has 23 heavy (non-hydrogen) atoms. The van der Waals surface area contributed by atoms with Crippen LogP contribution in [0.15, 0.2) is 29.3 Å². The van der Waals surface area contributed by atoms with Crippen LogP contribution in [0.5, 0.6) is 0 Å². The molecule has 4 heteroatoms. The smallest absolute Gasteiger partial charge is 0.193 e. The van der Waals surface area contributed by atoms with Gasteiger partial charge in [-0.05, 0) is 37.2 Å². The van der Waals surface area contributed by atoms with E-state index in [0.717, 1.165) is 38.2 Å². The van der Waals surface area contributed by atoms with Crippen LogP contribution in [0.1, 0.15) is 36.8 Å². The Bertz CT molecular complexity index is 494. The molecule has 1 N–H and O–H groups in total. The Morgan fingerprint density at radius 1 is 1.35 bits per heavy atom. The SMILES string of the molecule is CN=C(NCC(C)c1ccc(C)cc1)N(C)CCOCC1CC1. The van der Waals surface area contributed by atoms with E-state index in [4.69, 9.17) is 4.74 Å². The van der Waals surface area contributed by atoms with Gasteiger partial charge in [-0.15, -0.1) is 0 Å². The summed E-state index contributed by atoms with van der Waals surface area (Å²) < 4.78 is 5.70. The molecule has 1 aromatic rings. The van der Waals surface area contributed by atoms with Gasteiger partial charge in [0.15, 0.2) is 5.96 Å². The highest BCUT2D eigenvalue weighted by Crippen LogP contribution is 2.28. The molecule has 1 aliphatic rings. The second kappa shape index (κ2) is 8.92. The Morgan fingerprint density at radius 3 is 2.65 bits per heavy atom. The molecule has 0 radical (unpaired) electrons. The summed E-state index contributed by atoms with van der Waals surface area (Å²) in [5.41, 5.74) is 2.66. The molecule has 0 bridgehead atoms. The van der Waals surface area contributed by atoms with E-state index in [1.807, 2.05) is 7.05 Å². The number of ether oxygens (including phenoxy) is 1. The van der Waals surface area contributed by atoms with Crippen LogP contribution < -0.4 is 5.32 Å². The van der Waals surface area contributed by atoms with Crippen LogP contribution in [-0.2, 0) is 4.74 Å². The second-order valence-electron chi connectivity index (χ2n) is 6.68. The molecule has 0 aliphatic heterocycles. The van der Waals surface area contributed by atoms with Crippen LogP contribution >= 0.6 is 0 Å². The van der Waals surface area contributed by atoms with Gasteiger partial charge in [0, 0.05) is 33.8 Å². The number of likely N-dealkylation sites (N-methyl/N-ethyl adjacent to an activating group) is 1. The van der Waals surface area contributed by atoms with E-state index in [1.165, 1.54) is 24.0 Å². The molecule has 1 unspecified atom stereocenters. The molecule has 0 aromatic heterocycles. The van der Waals surface area contributed by atoms with Crippen molar-refractivity contribution in [2.75, 3.05) is 40.4 Å². The maximum Gasteiger partial charge on any atom is 0.193 e. The molecule has 1 aliphatic carbocycles. The van der Waals surface area contributed by atoms with Gasteiger partial charge in [0.25, 0.3) is 0 Å². The lowest BCUT2D eigenvalue weighted by Crippen LogP contribution is -2.41. The van der Waals surface area contributed by atoms with Crippen molar-refractivity contribution in [3.63, 3.8) is 0 Å². The number of rotatable bonds is 8. The highest BCUT2D eigenvalue weighted by Gasteiger charge is 2.21.